The molecule has 3 rings (SSSR count). The average molecular weight is 476 g/mol. The lowest BCUT2D eigenvalue weighted by atomic mass is 10.1. The minimum absolute atomic E-state index is 0.163. The molecule has 0 unspecified atom stereocenters. The van der Waals surface area contributed by atoms with E-state index >= 15 is 0 Å². The van der Waals surface area contributed by atoms with Crippen molar-refractivity contribution in [1.82, 2.24) is 4.90 Å². The highest BCUT2D eigenvalue weighted by molar-refractivity contribution is 9.10. The molecule has 0 saturated carbocycles. The number of ether oxygens (including phenoxy) is 1. The fraction of sp³-hybridized carbons (Fsp3) is 0.158. The molecule has 1 aliphatic heterocycles. The van der Waals surface area contributed by atoms with Crippen LogP contribution >= 0.6 is 15.9 Å². The first-order chi connectivity index (χ1) is 14.2. The summed E-state index contributed by atoms with van der Waals surface area (Å²) >= 11 is 3.31. The van der Waals surface area contributed by atoms with Crippen molar-refractivity contribution < 1.29 is 28.8 Å². The molecule has 10 nitrogen and oxygen atoms in total. The average Bonchev–Trinajstić information content (AvgIpc) is 2.93. The SMILES string of the molecule is Cc1ccc(NC(=O)COC(=O)CN2C(=O)c3cccc([N+](=O)[O-])c3C2=O)c(Br)c1. The zero-order valence-electron chi connectivity index (χ0n) is 15.5. The molecule has 0 aliphatic carbocycles. The van der Waals surface area contributed by atoms with E-state index in [1.165, 1.54) is 12.1 Å². The molecule has 1 N–H and O–H groups in total. The van der Waals surface area contributed by atoms with Gasteiger partial charge in [-0.3, -0.25) is 34.2 Å². The minimum Gasteiger partial charge on any atom is -0.454 e. The van der Waals surface area contributed by atoms with E-state index in [0.29, 0.717) is 15.1 Å². The van der Waals surface area contributed by atoms with Crippen LogP contribution in [0.5, 0.6) is 0 Å². The first-order valence-electron chi connectivity index (χ1n) is 8.54. The number of aryl methyl sites for hydroxylation is 1. The lowest BCUT2D eigenvalue weighted by molar-refractivity contribution is -0.385. The molecule has 1 aliphatic rings. The zero-order chi connectivity index (χ0) is 22.0. The number of nitrogens with one attached hydrogen (secondary N) is 1. The molecule has 0 saturated heterocycles. The highest BCUT2D eigenvalue weighted by Crippen LogP contribution is 2.30. The Balaban J connectivity index is 1.61. The largest absolute Gasteiger partial charge is 0.454 e. The first kappa shape index (κ1) is 21.1. The van der Waals surface area contributed by atoms with Crippen LogP contribution in [0.2, 0.25) is 0 Å². The predicted octanol–water partition coefficient (Wildman–Crippen LogP) is 2.44. The van der Waals surface area contributed by atoms with Crippen molar-refractivity contribution in [3.05, 3.63) is 67.7 Å². The minimum atomic E-state index is -1.01. The number of hydrogen-bond donors (Lipinski definition) is 1. The van der Waals surface area contributed by atoms with E-state index in [2.05, 4.69) is 21.2 Å². The number of benzene rings is 2. The second kappa shape index (κ2) is 8.41. The summed E-state index contributed by atoms with van der Waals surface area (Å²) in [5, 5.41) is 13.6. The summed E-state index contributed by atoms with van der Waals surface area (Å²) in [6.07, 6.45) is 0. The standard InChI is InChI=1S/C19H14BrN3O7/c1-10-5-6-13(12(20)7-10)21-15(24)9-30-16(25)8-22-18(26)11-3-2-4-14(23(28)29)17(11)19(22)27/h2-7H,8-9H2,1H3,(H,21,24). The van der Waals surface area contributed by atoms with E-state index in [-0.39, 0.29) is 11.1 Å². The number of anilines is 1. The van der Waals surface area contributed by atoms with Gasteiger partial charge in [0.15, 0.2) is 6.61 Å². The molecule has 1 heterocycles. The van der Waals surface area contributed by atoms with Crippen LogP contribution in [0.25, 0.3) is 0 Å². The fourth-order valence-corrected chi connectivity index (χ4v) is 3.43. The van der Waals surface area contributed by atoms with Crippen LogP contribution in [0.15, 0.2) is 40.9 Å². The van der Waals surface area contributed by atoms with Crippen LogP contribution in [-0.4, -0.2) is 46.7 Å². The van der Waals surface area contributed by atoms with E-state index in [0.717, 1.165) is 11.6 Å². The number of amides is 3. The van der Waals surface area contributed by atoms with Gasteiger partial charge in [-0.05, 0) is 46.6 Å². The second-order valence-corrected chi connectivity index (χ2v) is 7.20. The molecular formula is C19H14BrN3O7. The summed E-state index contributed by atoms with van der Waals surface area (Å²) in [4.78, 5) is 59.7. The van der Waals surface area contributed by atoms with Gasteiger partial charge in [0.1, 0.15) is 12.1 Å². The number of halogens is 1. The molecule has 154 valence electrons. The normalized spacial score (nSPS) is 12.5. The molecule has 2 aromatic rings. The number of rotatable bonds is 6. The molecule has 30 heavy (non-hydrogen) atoms. The van der Waals surface area contributed by atoms with Crippen LogP contribution in [-0.2, 0) is 14.3 Å². The smallest absolute Gasteiger partial charge is 0.326 e. The quantitative estimate of drug-likeness (QED) is 0.293. The monoisotopic (exact) mass is 475 g/mol. The molecule has 11 heteroatoms. The second-order valence-electron chi connectivity index (χ2n) is 6.35. The third-order valence-corrected chi connectivity index (χ3v) is 4.88. The summed E-state index contributed by atoms with van der Waals surface area (Å²) in [7, 11) is 0. The predicted molar refractivity (Wildman–Crippen MR) is 107 cm³/mol. The highest BCUT2D eigenvalue weighted by atomic mass is 79.9. The molecule has 0 radical (unpaired) electrons. The maximum atomic E-state index is 12.4. The van der Waals surface area contributed by atoms with Gasteiger partial charge in [-0.25, -0.2) is 0 Å². The Bertz CT molecular complexity index is 1100. The van der Waals surface area contributed by atoms with Gasteiger partial charge in [-0.15, -0.1) is 0 Å². The summed E-state index contributed by atoms with van der Waals surface area (Å²) < 4.78 is 5.48. The lowest BCUT2D eigenvalue weighted by Crippen LogP contribution is -2.36. The molecule has 0 fully saturated rings. The number of carbonyl (C=O) groups excluding carboxylic acids is 4. The van der Waals surface area contributed by atoms with Crippen LogP contribution in [0.3, 0.4) is 0 Å². The van der Waals surface area contributed by atoms with Crippen molar-refractivity contribution in [2.45, 2.75) is 6.92 Å². The molecule has 0 bridgehead atoms. The van der Waals surface area contributed by atoms with Gasteiger partial charge in [0.05, 0.1) is 16.2 Å². The fourth-order valence-electron chi connectivity index (χ4n) is 2.84. The van der Waals surface area contributed by atoms with Crippen molar-refractivity contribution in [1.29, 1.82) is 0 Å². The molecule has 3 amide bonds. The van der Waals surface area contributed by atoms with Crippen molar-refractivity contribution in [2.24, 2.45) is 0 Å². The van der Waals surface area contributed by atoms with Gasteiger partial charge >= 0.3 is 5.97 Å². The molecular weight excluding hydrogens is 462 g/mol. The Morgan fingerprint density at radius 1 is 1.20 bits per heavy atom. The van der Waals surface area contributed by atoms with Crippen LogP contribution in [0.4, 0.5) is 11.4 Å². The van der Waals surface area contributed by atoms with Crippen molar-refractivity contribution >= 4 is 51.0 Å². The molecule has 0 aromatic heterocycles. The third kappa shape index (κ3) is 4.20. The highest BCUT2D eigenvalue weighted by Gasteiger charge is 2.41. The molecule has 2 aromatic carbocycles. The number of hydrogen-bond acceptors (Lipinski definition) is 7. The molecule has 0 spiro atoms. The van der Waals surface area contributed by atoms with E-state index in [9.17, 15) is 29.3 Å². The third-order valence-electron chi connectivity index (χ3n) is 4.22. The topological polar surface area (TPSA) is 136 Å². The Hall–Kier alpha value is -3.60. The number of nitro benzene ring substituents is 1. The number of imide groups is 1. The van der Waals surface area contributed by atoms with Gasteiger partial charge in [0.2, 0.25) is 0 Å². The number of carbonyl (C=O) groups is 4. The maximum Gasteiger partial charge on any atom is 0.326 e. The van der Waals surface area contributed by atoms with Gasteiger partial charge in [-0.1, -0.05) is 12.1 Å². The van der Waals surface area contributed by atoms with E-state index in [1.54, 1.807) is 18.2 Å². The lowest BCUT2D eigenvalue weighted by Gasteiger charge is -2.13. The van der Waals surface area contributed by atoms with Crippen LogP contribution in [0, 0.1) is 17.0 Å². The van der Waals surface area contributed by atoms with Crippen LogP contribution < -0.4 is 5.32 Å². The number of fused-ring (bicyclic) bond motifs is 1. The van der Waals surface area contributed by atoms with E-state index < -0.39 is 47.5 Å². The Kier molecular flexibility index (Phi) is 5.92. The number of nitro groups is 1. The summed E-state index contributed by atoms with van der Waals surface area (Å²) in [5.41, 5.74) is 0.401. The van der Waals surface area contributed by atoms with Gasteiger partial charge < -0.3 is 10.1 Å². The van der Waals surface area contributed by atoms with Crippen molar-refractivity contribution in [3.63, 3.8) is 0 Å². The summed E-state index contributed by atoms with van der Waals surface area (Å²) in [6, 6.07) is 8.89. The number of esters is 1. The van der Waals surface area contributed by atoms with E-state index in [4.69, 9.17) is 4.74 Å². The maximum absolute atomic E-state index is 12.4. The zero-order valence-corrected chi connectivity index (χ0v) is 17.1. The number of nitrogens with zero attached hydrogens (tertiary/aromatic N) is 2. The van der Waals surface area contributed by atoms with Gasteiger partial charge in [-0.2, -0.15) is 0 Å². The first-order valence-corrected chi connectivity index (χ1v) is 9.33. The van der Waals surface area contributed by atoms with E-state index in [1.807, 2.05) is 6.92 Å². The van der Waals surface area contributed by atoms with Gasteiger partial charge in [0, 0.05) is 10.5 Å². The Morgan fingerprint density at radius 3 is 2.60 bits per heavy atom. The van der Waals surface area contributed by atoms with Crippen molar-refractivity contribution in [3.8, 4) is 0 Å². The summed E-state index contributed by atoms with van der Waals surface area (Å²) in [6.45, 7) is 0.472. The van der Waals surface area contributed by atoms with Gasteiger partial charge in [0.25, 0.3) is 23.4 Å². The summed E-state index contributed by atoms with van der Waals surface area (Å²) in [5.74, 6) is -3.44. The Labute approximate surface area is 178 Å². The molecule has 0 atom stereocenters. The van der Waals surface area contributed by atoms with Crippen LogP contribution in [0.1, 0.15) is 26.3 Å². The van der Waals surface area contributed by atoms with Crippen molar-refractivity contribution in [2.75, 3.05) is 18.5 Å². The Morgan fingerprint density at radius 2 is 1.93 bits per heavy atom.